The van der Waals surface area contributed by atoms with Crippen molar-refractivity contribution in [1.29, 1.82) is 0 Å². The number of fused-ring (bicyclic) bond motifs is 1. The number of nitrogens with zero attached hydrogens (tertiary/aromatic N) is 4. The summed E-state index contributed by atoms with van der Waals surface area (Å²) in [5, 5.41) is 1.53. The topological polar surface area (TPSA) is 41.4 Å². The Morgan fingerprint density at radius 3 is 2.34 bits per heavy atom. The summed E-state index contributed by atoms with van der Waals surface area (Å²) in [5.74, 6) is 1.00. The normalized spacial score (nSPS) is 13.8. The average molecular weight is 467 g/mol. The molecule has 0 radical (unpaired) electrons. The van der Waals surface area contributed by atoms with E-state index in [1.165, 1.54) is 0 Å². The zero-order valence-electron chi connectivity index (χ0n) is 17.7. The second-order valence-corrected chi connectivity index (χ2v) is 8.21. The lowest BCUT2D eigenvalue weighted by molar-refractivity contribution is 0.0749. The molecule has 0 N–H and O–H groups in total. The van der Waals surface area contributed by atoms with Gasteiger partial charge < -0.3 is 14.4 Å². The van der Waals surface area contributed by atoms with Gasteiger partial charge in [-0.3, -0.25) is 4.79 Å². The van der Waals surface area contributed by atoms with E-state index in [2.05, 4.69) is 14.5 Å². The molecule has 2 aromatic heterocycles. The van der Waals surface area contributed by atoms with Crippen LogP contribution < -0.4 is 4.90 Å². The van der Waals surface area contributed by atoms with Crippen molar-refractivity contribution in [3.05, 3.63) is 83.5 Å². The predicted molar refractivity (Wildman–Crippen MR) is 133 cm³/mol. The molecule has 0 unspecified atom stereocenters. The van der Waals surface area contributed by atoms with Crippen LogP contribution in [0.4, 0.5) is 5.82 Å². The average Bonchev–Trinajstić information content (AvgIpc) is 3.11. The van der Waals surface area contributed by atoms with Gasteiger partial charge in [0, 0.05) is 55.3 Å². The second-order valence-electron chi connectivity index (χ2n) is 7.78. The third-order valence-electron chi connectivity index (χ3n) is 5.96. The minimum absolute atomic E-state index is 0. The van der Waals surface area contributed by atoms with Crippen LogP contribution in [-0.4, -0.2) is 46.5 Å². The molecule has 1 fully saturated rings. The number of rotatable bonds is 3. The number of aromatic nitrogens is 2. The molecule has 1 amide bonds. The fourth-order valence-electron chi connectivity index (χ4n) is 4.40. The first kappa shape index (κ1) is 22.2. The van der Waals surface area contributed by atoms with Crippen LogP contribution in [0.2, 0.25) is 5.02 Å². The number of pyridine rings is 1. The van der Waals surface area contributed by atoms with E-state index in [9.17, 15) is 4.79 Å². The monoisotopic (exact) mass is 466 g/mol. The standard InChI is InChI=1S/C25H23ClN4O.ClH/c1-28-21-11-10-19(26)17-20(21)23(24(28)18-7-3-2-4-8-18)25(31)30-15-13-29(14-16-30)22-9-5-6-12-27-22;/h2-12,17H,13-16H2,1H3;1H. The number of hydrogen-bond acceptors (Lipinski definition) is 3. The minimum Gasteiger partial charge on any atom is -0.353 e. The zero-order valence-corrected chi connectivity index (χ0v) is 19.3. The van der Waals surface area contributed by atoms with Crippen LogP contribution in [0.15, 0.2) is 72.9 Å². The minimum atomic E-state index is 0. The van der Waals surface area contributed by atoms with E-state index in [1.54, 1.807) is 6.20 Å². The van der Waals surface area contributed by atoms with Gasteiger partial charge in [0.25, 0.3) is 5.91 Å². The van der Waals surface area contributed by atoms with Gasteiger partial charge in [0.2, 0.25) is 0 Å². The molecule has 2 aromatic carbocycles. The molecule has 4 aromatic rings. The highest BCUT2D eigenvalue weighted by Gasteiger charge is 2.29. The Balaban J connectivity index is 0.00000245. The number of aryl methyl sites for hydroxylation is 1. The van der Waals surface area contributed by atoms with Crippen LogP contribution in [0.5, 0.6) is 0 Å². The van der Waals surface area contributed by atoms with E-state index in [0.717, 1.165) is 46.6 Å². The Morgan fingerprint density at radius 1 is 0.938 bits per heavy atom. The van der Waals surface area contributed by atoms with Crippen molar-refractivity contribution < 1.29 is 4.79 Å². The summed E-state index contributed by atoms with van der Waals surface area (Å²) in [6.45, 7) is 2.82. The van der Waals surface area contributed by atoms with E-state index in [4.69, 9.17) is 11.6 Å². The molecule has 0 aliphatic carbocycles. The third-order valence-corrected chi connectivity index (χ3v) is 6.20. The molecule has 7 heteroatoms. The number of carbonyl (C=O) groups excluding carboxylic acids is 1. The molecule has 0 saturated carbocycles. The second kappa shape index (κ2) is 9.23. The van der Waals surface area contributed by atoms with Crippen molar-refractivity contribution in [2.75, 3.05) is 31.1 Å². The van der Waals surface area contributed by atoms with Crippen LogP contribution in [0, 0.1) is 0 Å². The maximum Gasteiger partial charge on any atom is 0.256 e. The van der Waals surface area contributed by atoms with E-state index in [1.807, 2.05) is 78.7 Å². The van der Waals surface area contributed by atoms with Crippen molar-refractivity contribution in [3.63, 3.8) is 0 Å². The Bertz CT molecular complexity index is 1230. The van der Waals surface area contributed by atoms with Crippen LogP contribution in [0.3, 0.4) is 0 Å². The summed E-state index contributed by atoms with van der Waals surface area (Å²) in [5.41, 5.74) is 3.67. The van der Waals surface area contributed by atoms with Gasteiger partial charge in [-0.05, 0) is 35.9 Å². The molecule has 5 nitrogen and oxygen atoms in total. The Morgan fingerprint density at radius 2 is 1.66 bits per heavy atom. The van der Waals surface area contributed by atoms with Crippen LogP contribution >= 0.6 is 24.0 Å². The van der Waals surface area contributed by atoms with E-state index < -0.39 is 0 Å². The molecule has 5 rings (SSSR count). The number of amides is 1. The number of benzene rings is 2. The number of anilines is 1. The van der Waals surface area contributed by atoms with Gasteiger partial charge in [0.15, 0.2) is 0 Å². The highest BCUT2D eigenvalue weighted by atomic mass is 35.5. The summed E-state index contributed by atoms with van der Waals surface area (Å²) in [4.78, 5) is 22.4. The van der Waals surface area contributed by atoms with Gasteiger partial charge in [-0.1, -0.05) is 48.0 Å². The smallest absolute Gasteiger partial charge is 0.256 e. The molecule has 3 heterocycles. The molecule has 1 saturated heterocycles. The molecule has 0 spiro atoms. The lowest BCUT2D eigenvalue weighted by atomic mass is 10.0. The molecule has 0 bridgehead atoms. The van der Waals surface area contributed by atoms with E-state index in [-0.39, 0.29) is 18.3 Å². The quantitative estimate of drug-likeness (QED) is 0.412. The largest absolute Gasteiger partial charge is 0.353 e. The molecule has 0 atom stereocenters. The van der Waals surface area contributed by atoms with Crippen molar-refractivity contribution in [1.82, 2.24) is 14.5 Å². The van der Waals surface area contributed by atoms with Crippen molar-refractivity contribution >= 4 is 46.6 Å². The maximum atomic E-state index is 13.8. The summed E-state index contributed by atoms with van der Waals surface area (Å²) in [7, 11) is 2.01. The number of hydrogen-bond donors (Lipinski definition) is 0. The Kier molecular flexibility index (Phi) is 6.40. The highest BCUT2D eigenvalue weighted by molar-refractivity contribution is 6.31. The van der Waals surface area contributed by atoms with Crippen LogP contribution in [-0.2, 0) is 7.05 Å². The molecular weight excluding hydrogens is 443 g/mol. The molecule has 1 aliphatic heterocycles. The number of piperazine rings is 1. The van der Waals surface area contributed by atoms with Crippen molar-refractivity contribution in [2.45, 2.75) is 0 Å². The lowest BCUT2D eigenvalue weighted by Gasteiger charge is -2.35. The van der Waals surface area contributed by atoms with E-state index >= 15 is 0 Å². The lowest BCUT2D eigenvalue weighted by Crippen LogP contribution is -2.49. The first-order valence-electron chi connectivity index (χ1n) is 10.4. The summed E-state index contributed by atoms with van der Waals surface area (Å²) in [6, 6.07) is 21.8. The zero-order chi connectivity index (χ0) is 21.4. The first-order chi connectivity index (χ1) is 15.1. The highest BCUT2D eigenvalue weighted by Crippen LogP contribution is 2.35. The summed E-state index contributed by atoms with van der Waals surface area (Å²) >= 11 is 6.33. The Hall–Kier alpha value is -3.02. The van der Waals surface area contributed by atoms with Gasteiger partial charge >= 0.3 is 0 Å². The third kappa shape index (κ3) is 3.94. The Labute approximate surface area is 198 Å². The van der Waals surface area contributed by atoms with Crippen LogP contribution in [0.1, 0.15) is 10.4 Å². The first-order valence-corrected chi connectivity index (χ1v) is 10.8. The van der Waals surface area contributed by atoms with Crippen molar-refractivity contribution in [3.8, 4) is 11.3 Å². The molecule has 164 valence electrons. The van der Waals surface area contributed by atoms with Gasteiger partial charge in [-0.15, -0.1) is 12.4 Å². The van der Waals surface area contributed by atoms with Gasteiger partial charge in [-0.2, -0.15) is 0 Å². The van der Waals surface area contributed by atoms with Crippen molar-refractivity contribution in [2.24, 2.45) is 7.05 Å². The molecular formula is C25H24Cl2N4O. The fourth-order valence-corrected chi connectivity index (χ4v) is 4.58. The SMILES string of the molecule is Cl.Cn1c(-c2ccccc2)c(C(=O)N2CCN(c3ccccn3)CC2)c2cc(Cl)ccc21. The number of halogens is 2. The van der Waals surface area contributed by atoms with Gasteiger partial charge in [0.1, 0.15) is 5.82 Å². The maximum absolute atomic E-state index is 13.8. The van der Waals surface area contributed by atoms with E-state index in [0.29, 0.717) is 18.1 Å². The number of carbonyl (C=O) groups is 1. The fraction of sp³-hybridized carbons (Fsp3) is 0.200. The molecule has 1 aliphatic rings. The summed E-state index contributed by atoms with van der Waals surface area (Å²) in [6.07, 6.45) is 1.80. The van der Waals surface area contributed by atoms with Crippen LogP contribution in [0.25, 0.3) is 22.2 Å². The predicted octanol–water partition coefficient (Wildman–Crippen LogP) is 5.28. The van der Waals surface area contributed by atoms with Gasteiger partial charge in [-0.25, -0.2) is 4.98 Å². The summed E-state index contributed by atoms with van der Waals surface area (Å²) < 4.78 is 2.10. The molecule has 32 heavy (non-hydrogen) atoms. The van der Waals surface area contributed by atoms with Gasteiger partial charge in [0.05, 0.1) is 11.3 Å².